The first-order valence-corrected chi connectivity index (χ1v) is 24.3. The van der Waals surface area contributed by atoms with Gasteiger partial charge in [0.15, 0.2) is 0 Å². The first kappa shape index (κ1) is 40.6. The number of anilines is 3. The summed E-state index contributed by atoms with van der Waals surface area (Å²) in [6.45, 7) is 0. The van der Waals surface area contributed by atoms with E-state index in [1.165, 1.54) is 49.2 Å². The number of nitrogens with zero attached hydrogens (tertiary/aromatic N) is 4. The first-order chi connectivity index (χ1) is 35.2. The summed E-state index contributed by atoms with van der Waals surface area (Å²) in [5.74, 6) is 0. The zero-order valence-corrected chi connectivity index (χ0v) is 38.7. The van der Waals surface area contributed by atoms with Crippen LogP contribution in [0.1, 0.15) is 34.0 Å². The molecule has 14 rings (SSSR count). The number of benzene rings is 10. The van der Waals surface area contributed by atoms with Crippen molar-refractivity contribution in [1.29, 1.82) is 0 Å². The predicted molar refractivity (Wildman–Crippen MR) is 297 cm³/mol. The van der Waals surface area contributed by atoms with Crippen LogP contribution < -0.4 is 10.2 Å². The number of allylic oxidation sites excluding steroid dienone is 1. The van der Waals surface area contributed by atoms with Crippen LogP contribution in [-0.4, -0.2) is 14.8 Å². The van der Waals surface area contributed by atoms with Crippen LogP contribution in [-0.2, 0) is 0 Å². The Labute approximate surface area is 411 Å². The standard InChI is InChI=1S/C66H45N5/c1-5-18-44(19-6-1)58-43-59(68-66(67-58)45-20-7-2-8-21-45)48-22-17-27-53(39-48)71-60-36-34-46(47-35-37-63-56(40-47)54-28-13-15-30-61(54)69(63)51-23-9-3-10-24-51)38-49(60)32-33-50-41-65-57(42-64(50)71)55-29-14-16-31-62(55)70(65)52-25-11-4-12-26-52/h1-43,66,68H. The van der Waals surface area contributed by atoms with E-state index in [9.17, 15) is 0 Å². The van der Waals surface area contributed by atoms with Gasteiger partial charge in [0.1, 0.15) is 6.17 Å². The normalized spacial score (nSPS) is 14.3. The number of hydrogen-bond donors (Lipinski definition) is 1. The van der Waals surface area contributed by atoms with E-state index in [2.05, 4.69) is 280 Å². The van der Waals surface area contributed by atoms with E-state index >= 15 is 0 Å². The molecule has 2 aromatic heterocycles. The van der Waals surface area contributed by atoms with Gasteiger partial charge in [0.2, 0.25) is 0 Å². The van der Waals surface area contributed by atoms with Crippen molar-refractivity contribution in [3.63, 3.8) is 0 Å². The summed E-state index contributed by atoms with van der Waals surface area (Å²) in [4.78, 5) is 7.71. The summed E-state index contributed by atoms with van der Waals surface area (Å²) in [5.41, 5.74) is 20.1. The monoisotopic (exact) mass is 907 g/mol. The maximum Gasteiger partial charge on any atom is 0.145 e. The molecule has 1 atom stereocenters. The van der Waals surface area contributed by atoms with Gasteiger partial charge in [-0.2, -0.15) is 0 Å². The molecule has 0 fully saturated rings. The quantitative estimate of drug-likeness (QED) is 0.173. The summed E-state index contributed by atoms with van der Waals surface area (Å²) < 4.78 is 4.78. The van der Waals surface area contributed by atoms with E-state index in [-0.39, 0.29) is 6.17 Å². The second-order valence-corrected chi connectivity index (χ2v) is 18.4. The Bertz CT molecular complexity index is 4120. The lowest BCUT2D eigenvalue weighted by atomic mass is 9.98. The van der Waals surface area contributed by atoms with Crippen LogP contribution in [0.25, 0.3) is 84.0 Å². The molecular formula is C66H45N5. The molecule has 0 bridgehead atoms. The lowest BCUT2D eigenvalue weighted by Crippen LogP contribution is -2.25. The van der Waals surface area contributed by atoms with E-state index < -0.39 is 0 Å². The van der Waals surface area contributed by atoms with Crippen molar-refractivity contribution in [1.82, 2.24) is 14.5 Å². The molecule has 334 valence electrons. The van der Waals surface area contributed by atoms with E-state index in [1.807, 2.05) is 0 Å². The highest BCUT2D eigenvalue weighted by Gasteiger charge is 2.26. The number of hydrogen-bond acceptors (Lipinski definition) is 3. The number of para-hydroxylation sites is 4. The summed E-state index contributed by atoms with van der Waals surface area (Å²) in [6, 6.07) is 87.6. The molecular weight excluding hydrogens is 863 g/mol. The SMILES string of the molecule is C1=Cc2cc3c(cc2N(c2cccc(C4=CC(c5ccccc5)=NC(c5ccccc5)N4)c2)c2ccc(-c4ccc5c(c4)c4ccccc4n5-c4ccccc4)cc21)c1ccccc1n3-c1ccccc1. The second-order valence-electron chi connectivity index (χ2n) is 18.4. The zero-order valence-electron chi connectivity index (χ0n) is 38.7. The maximum absolute atomic E-state index is 5.25. The Morgan fingerprint density at radius 3 is 1.59 bits per heavy atom. The molecule has 5 nitrogen and oxygen atoms in total. The topological polar surface area (TPSA) is 37.5 Å². The summed E-state index contributed by atoms with van der Waals surface area (Å²) >= 11 is 0. The van der Waals surface area contributed by atoms with Gasteiger partial charge in [-0.05, 0) is 124 Å². The average Bonchev–Trinajstić information content (AvgIpc) is 3.89. The molecule has 2 aliphatic rings. The van der Waals surface area contributed by atoms with Gasteiger partial charge in [-0.25, -0.2) is 0 Å². The molecule has 5 heteroatoms. The van der Waals surface area contributed by atoms with Crippen molar-refractivity contribution in [2.45, 2.75) is 6.17 Å². The third kappa shape index (κ3) is 6.89. The fourth-order valence-electron chi connectivity index (χ4n) is 10.9. The Morgan fingerprint density at radius 1 is 0.352 bits per heavy atom. The molecule has 12 aromatic rings. The smallest absolute Gasteiger partial charge is 0.145 e. The first-order valence-electron chi connectivity index (χ1n) is 24.3. The van der Waals surface area contributed by atoms with Crippen molar-refractivity contribution < 1.29 is 0 Å². The lowest BCUT2D eigenvalue weighted by Gasteiger charge is -2.29. The van der Waals surface area contributed by atoms with Crippen molar-refractivity contribution in [3.05, 3.63) is 277 Å². The van der Waals surface area contributed by atoms with Gasteiger partial charge < -0.3 is 19.4 Å². The highest BCUT2D eigenvalue weighted by Crippen LogP contribution is 2.47. The molecule has 1 unspecified atom stereocenters. The van der Waals surface area contributed by atoms with Crippen LogP contribution in [0.3, 0.4) is 0 Å². The summed E-state index contributed by atoms with van der Waals surface area (Å²) in [7, 11) is 0. The fraction of sp³-hybridized carbons (Fsp3) is 0.0152. The minimum Gasteiger partial charge on any atom is -0.360 e. The Balaban J connectivity index is 0.949. The van der Waals surface area contributed by atoms with Gasteiger partial charge in [-0.15, -0.1) is 0 Å². The Morgan fingerprint density at radius 2 is 0.887 bits per heavy atom. The van der Waals surface area contributed by atoms with E-state index in [4.69, 9.17) is 4.99 Å². The summed E-state index contributed by atoms with van der Waals surface area (Å²) in [6.07, 6.45) is 6.56. The molecule has 0 spiro atoms. The van der Waals surface area contributed by atoms with Crippen LogP contribution in [0.4, 0.5) is 17.1 Å². The molecule has 0 saturated heterocycles. The van der Waals surface area contributed by atoms with Crippen molar-refractivity contribution in [2.75, 3.05) is 4.90 Å². The highest BCUT2D eigenvalue weighted by molar-refractivity contribution is 6.15. The van der Waals surface area contributed by atoms with Gasteiger partial charge >= 0.3 is 0 Å². The second kappa shape index (κ2) is 16.7. The van der Waals surface area contributed by atoms with Gasteiger partial charge in [-0.3, -0.25) is 4.99 Å². The predicted octanol–water partition coefficient (Wildman–Crippen LogP) is 16.6. The molecule has 4 heterocycles. The molecule has 0 radical (unpaired) electrons. The fourth-order valence-corrected chi connectivity index (χ4v) is 10.9. The number of rotatable bonds is 7. The summed E-state index contributed by atoms with van der Waals surface area (Å²) in [5, 5.41) is 8.72. The zero-order chi connectivity index (χ0) is 46.8. The van der Waals surface area contributed by atoms with Crippen molar-refractivity contribution >= 4 is 84.2 Å². The number of nitrogens with one attached hydrogen (secondary N) is 1. The number of aliphatic imine (C=N–C) groups is 1. The molecule has 10 aromatic carbocycles. The van der Waals surface area contributed by atoms with E-state index in [1.54, 1.807) is 0 Å². The van der Waals surface area contributed by atoms with Crippen molar-refractivity contribution in [2.24, 2.45) is 4.99 Å². The van der Waals surface area contributed by atoms with Crippen LogP contribution in [0, 0.1) is 0 Å². The Kier molecular flexibility index (Phi) is 9.52. The third-order valence-corrected chi connectivity index (χ3v) is 14.2. The molecule has 0 amide bonds. The molecule has 2 aliphatic heterocycles. The lowest BCUT2D eigenvalue weighted by molar-refractivity contribution is 0.664. The molecule has 0 aliphatic carbocycles. The third-order valence-electron chi connectivity index (χ3n) is 14.2. The van der Waals surface area contributed by atoms with Crippen LogP contribution >= 0.6 is 0 Å². The van der Waals surface area contributed by atoms with E-state index in [0.717, 1.165) is 73.2 Å². The van der Waals surface area contributed by atoms with Crippen molar-refractivity contribution in [3.8, 4) is 22.5 Å². The number of aromatic nitrogens is 2. The molecule has 0 saturated carbocycles. The van der Waals surface area contributed by atoms with Gasteiger partial charge in [0.05, 0.1) is 39.2 Å². The van der Waals surface area contributed by atoms with Gasteiger partial charge in [0.25, 0.3) is 0 Å². The minimum atomic E-state index is -0.248. The molecule has 71 heavy (non-hydrogen) atoms. The number of fused-ring (bicyclic) bond motifs is 8. The maximum atomic E-state index is 5.25. The van der Waals surface area contributed by atoms with Crippen LogP contribution in [0.2, 0.25) is 0 Å². The van der Waals surface area contributed by atoms with Crippen LogP contribution in [0.15, 0.2) is 254 Å². The largest absolute Gasteiger partial charge is 0.360 e. The van der Waals surface area contributed by atoms with E-state index in [0.29, 0.717) is 0 Å². The molecule has 1 N–H and O–H groups in total. The minimum absolute atomic E-state index is 0.248. The van der Waals surface area contributed by atoms with Gasteiger partial charge in [-0.1, -0.05) is 170 Å². The highest BCUT2D eigenvalue weighted by atomic mass is 15.2. The van der Waals surface area contributed by atoms with Crippen LogP contribution in [0.5, 0.6) is 0 Å². The Hall–Kier alpha value is -9.45. The van der Waals surface area contributed by atoms with Gasteiger partial charge in [0, 0.05) is 49.9 Å². The average molecular weight is 908 g/mol.